The zero-order valence-corrected chi connectivity index (χ0v) is 21.6. The lowest BCUT2D eigenvalue weighted by molar-refractivity contribution is 0.142. The highest BCUT2D eigenvalue weighted by molar-refractivity contribution is 7.16. The van der Waals surface area contributed by atoms with Crippen LogP contribution in [0.5, 0.6) is 0 Å². The first kappa shape index (κ1) is 24.6. The van der Waals surface area contributed by atoms with Gasteiger partial charge in [-0.05, 0) is 48.9 Å². The number of aryl methyl sites for hydroxylation is 2. The van der Waals surface area contributed by atoms with Gasteiger partial charge in [-0.25, -0.2) is 14.2 Å². The van der Waals surface area contributed by atoms with Gasteiger partial charge in [0.15, 0.2) is 5.13 Å². The van der Waals surface area contributed by atoms with Crippen molar-refractivity contribution >= 4 is 44.9 Å². The minimum absolute atomic E-state index is 0.345. The first-order valence-electron chi connectivity index (χ1n) is 12.0. The summed E-state index contributed by atoms with van der Waals surface area (Å²) < 4.78 is 19.8. The van der Waals surface area contributed by atoms with Crippen LogP contribution >= 0.6 is 11.3 Å². The average Bonchev–Trinajstić information content (AvgIpc) is 3.51. The van der Waals surface area contributed by atoms with Crippen LogP contribution in [-0.2, 0) is 6.42 Å². The number of nitriles is 1. The summed E-state index contributed by atoms with van der Waals surface area (Å²) in [6, 6.07) is 12.4. The van der Waals surface area contributed by atoms with Gasteiger partial charge in [-0.1, -0.05) is 18.3 Å². The fourth-order valence-corrected chi connectivity index (χ4v) is 5.61. The molecule has 1 saturated heterocycles. The van der Waals surface area contributed by atoms with Gasteiger partial charge >= 0.3 is 6.09 Å². The third-order valence-electron chi connectivity index (χ3n) is 6.70. The van der Waals surface area contributed by atoms with E-state index < -0.39 is 6.09 Å². The van der Waals surface area contributed by atoms with E-state index in [9.17, 15) is 19.6 Å². The molecule has 3 heterocycles. The Morgan fingerprint density at radius 2 is 1.95 bits per heavy atom. The number of carbonyl (C=O) groups is 1. The number of benzene rings is 2. The van der Waals surface area contributed by atoms with Crippen molar-refractivity contribution in [3.8, 4) is 17.3 Å². The number of thiazole rings is 1. The van der Waals surface area contributed by atoms with E-state index in [2.05, 4.69) is 23.1 Å². The molecule has 5 rings (SSSR count). The van der Waals surface area contributed by atoms with Crippen LogP contribution in [0.2, 0.25) is 0 Å². The van der Waals surface area contributed by atoms with Crippen molar-refractivity contribution in [1.29, 1.82) is 5.26 Å². The molecule has 1 amide bonds. The summed E-state index contributed by atoms with van der Waals surface area (Å²) in [6.07, 6.45) is -0.223. The third kappa shape index (κ3) is 4.47. The molecule has 0 spiro atoms. The molecule has 1 aliphatic rings. The van der Waals surface area contributed by atoms with Gasteiger partial charge in [0.05, 0.1) is 5.69 Å². The molecule has 37 heavy (non-hydrogen) atoms. The van der Waals surface area contributed by atoms with E-state index >= 15 is 0 Å². The Bertz CT molecular complexity index is 1510. The van der Waals surface area contributed by atoms with Crippen molar-refractivity contribution in [2.24, 2.45) is 0 Å². The minimum Gasteiger partial charge on any atom is -0.465 e. The summed E-state index contributed by atoms with van der Waals surface area (Å²) in [5.74, 6) is 0.466. The summed E-state index contributed by atoms with van der Waals surface area (Å²) in [7, 11) is 1.91. The maximum Gasteiger partial charge on any atom is 0.407 e. The molecule has 0 aliphatic carbocycles. The fourth-order valence-electron chi connectivity index (χ4n) is 4.76. The molecule has 0 bridgehead atoms. The van der Waals surface area contributed by atoms with Gasteiger partial charge in [-0.15, -0.1) is 0 Å². The molecule has 1 aliphatic heterocycles. The molecule has 2 aromatic carbocycles. The molecular formula is C27H26FN5O3S. The number of hydrogen-bond donors (Lipinski definition) is 1. The maximum absolute atomic E-state index is 13.5. The van der Waals surface area contributed by atoms with Crippen molar-refractivity contribution in [3.05, 3.63) is 58.4 Å². The number of rotatable bonds is 5. The molecule has 1 N–H and O–H groups in total. The first-order chi connectivity index (χ1) is 17.8. The van der Waals surface area contributed by atoms with Crippen LogP contribution in [0.4, 0.5) is 25.7 Å². The Morgan fingerprint density at radius 3 is 2.57 bits per heavy atom. The summed E-state index contributed by atoms with van der Waals surface area (Å²) in [4.78, 5) is 22.1. The number of halogens is 1. The van der Waals surface area contributed by atoms with Gasteiger partial charge in [0, 0.05) is 56.3 Å². The summed E-state index contributed by atoms with van der Waals surface area (Å²) >= 11 is 1.28. The van der Waals surface area contributed by atoms with Gasteiger partial charge in [0.25, 0.3) is 0 Å². The lowest BCUT2D eigenvalue weighted by Crippen LogP contribution is -2.48. The van der Waals surface area contributed by atoms with Crippen LogP contribution < -0.4 is 9.80 Å². The van der Waals surface area contributed by atoms with Crippen molar-refractivity contribution in [1.82, 2.24) is 9.88 Å². The molecule has 8 nitrogen and oxygen atoms in total. The number of aromatic nitrogens is 1. The standard InChI is InChI=1S/C27H26FN5O3S/c1-4-21-24(31(3)26-30-23(22(15-29)37-26)17-5-7-18(28)8-6-17)20-14-19(13-16(2)25(20)36-21)32-9-11-33(12-10-32)27(34)35/h5-8,13-14H,4,9-12H2,1-3H3,(H,34,35). The molecular weight excluding hydrogens is 493 g/mol. The zero-order chi connectivity index (χ0) is 26.3. The van der Waals surface area contributed by atoms with Crippen molar-refractivity contribution < 1.29 is 18.7 Å². The van der Waals surface area contributed by atoms with E-state index in [1.54, 1.807) is 12.1 Å². The molecule has 4 aromatic rings. The Labute approximate surface area is 217 Å². The van der Waals surface area contributed by atoms with E-state index in [1.807, 2.05) is 25.8 Å². The number of fused-ring (bicyclic) bond motifs is 1. The van der Waals surface area contributed by atoms with Crippen LogP contribution in [-0.4, -0.2) is 54.3 Å². The lowest BCUT2D eigenvalue weighted by Gasteiger charge is -2.34. The topological polar surface area (TPSA) is 96.8 Å². The number of amides is 1. The largest absolute Gasteiger partial charge is 0.465 e. The van der Waals surface area contributed by atoms with Crippen molar-refractivity contribution in [2.45, 2.75) is 20.3 Å². The monoisotopic (exact) mass is 519 g/mol. The van der Waals surface area contributed by atoms with E-state index in [0.29, 0.717) is 53.9 Å². The second-order valence-corrected chi connectivity index (χ2v) is 9.95. The predicted molar refractivity (Wildman–Crippen MR) is 142 cm³/mol. The normalized spacial score (nSPS) is 13.7. The summed E-state index contributed by atoms with van der Waals surface area (Å²) in [5.41, 5.74) is 4.88. The highest BCUT2D eigenvalue weighted by Crippen LogP contribution is 2.43. The van der Waals surface area contributed by atoms with E-state index in [4.69, 9.17) is 9.40 Å². The fraction of sp³-hybridized carbons (Fsp3) is 0.296. The Kier molecular flexibility index (Phi) is 6.48. The Hall–Kier alpha value is -4.10. The molecule has 10 heteroatoms. The SMILES string of the molecule is CCc1oc2c(C)cc(N3CCN(C(=O)O)CC3)cc2c1N(C)c1nc(-c2ccc(F)cc2)c(C#N)s1. The zero-order valence-electron chi connectivity index (χ0n) is 20.8. The van der Waals surface area contributed by atoms with Gasteiger partial charge in [0.2, 0.25) is 0 Å². The molecule has 0 saturated carbocycles. The van der Waals surface area contributed by atoms with E-state index in [-0.39, 0.29) is 5.82 Å². The number of furan rings is 1. The quantitative estimate of drug-likeness (QED) is 0.345. The van der Waals surface area contributed by atoms with Gasteiger partial charge in [-0.3, -0.25) is 0 Å². The molecule has 2 aromatic heterocycles. The van der Waals surface area contributed by atoms with Crippen LogP contribution in [0.25, 0.3) is 22.2 Å². The predicted octanol–water partition coefficient (Wildman–Crippen LogP) is 6.01. The summed E-state index contributed by atoms with van der Waals surface area (Å²) in [6.45, 7) is 6.17. The number of hydrogen-bond acceptors (Lipinski definition) is 7. The highest BCUT2D eigenvalue weighted by atomic mass is 32.1. The Balaban J connectivity index is 1.56. The summed E-state index contributed by atoms with van der Waals surface area (Å²) in [5, 5.41) is 20.6. The first-order valence-corrected chi connectivity index (χ1v) is 12.8. The number of anilines is 3. The molecule has 0 unspecified atom stereocenters. The highest BCUT2D eigenvalue weighted by Gasteiger charge is 2.26. The lowest BCUT2D eigenvalue weighted by atomic mass is 10.1. The Morgan fingerprint density at radius 1 is 1.24 bits per heavy atom. The van der Waals surface area contributed by atoms with E-state index in [0.717, 1.165) is 33.7 Å². The number of carboxylic acid groups (broad SMARTS) is 1. The van der Waals surface area contributed by atoms with Gasteiger partial charge < -0.3 is 24.2 Å². The second kappa shape index (κ2) is 9.75. The number of piperazine rings is 1. The number of nitrogens with zero attached hydrogens (tertiary/aromatic N) is 5. The van der Waals surface area contributed by atoms with Crippen LogP contribution in [0.1, 0.15) is 23.1 Å². The third-order valence-corrected chi connectivity index (χ3v) is 7.73. The van der Waals surface area contributed by atoms with Gasteiger partial charge in [0.1, 0.15) is 33.8 Å². The van der Waals surface area contributed by atoms with Crippen molar-refractivity contribution in [3.63, 3.8) is 0 Å². The van der Waals surface area contributed by atoms with Crippen molar-refractivity contribution in [2.75, 3.05) is 43.0 Å². The van der Waals surface area contributed by atoms with Crippen LogP contribution in [0.3, 0.4) is 0 Å². The van der Waals surface area contributed by atoms with Gasteiger partial charge in [-0.2, -0.15) is 5.26 Å². The minimum atomic E-state index is -0.891. The second-order valence-electron chi connectivity index (χ2n) is 8.98. The van der Waals surface area contributed by atoms with Crippen LogP contribution in [0, 0.1) is 24.1 Å². The van der Waals surface area contributed by atoms with E-state index in [1.165, 1.54) is 28.4 Å². The molecule has 190 valence electrons. The molecule has 0 radical (unpaired) electrons. The van der Waals surface area contributed by atoms with Crippen LogP contribution in [0.15, 0.2) is 40.8 Å². The molecule has 0 atom stereocenters. The maximum atomic E-state index is 13.5. The smallest absolute Gasteiger partial charge is 0.407 e. The average molecular weight is 520 g/mol. The molecule has 1 fully saturated rings.